The first kappa shape index (κ1) is 17.0. The van der Waals surface area contributed by atoms with Gasteiger partial charge in [-0.05, 0) is 19.1 Å². The number of furan rings is 1. The van der Waals surface area contributed by atoms with Gasteiger partial charge in [-0.1, -0.05) is 0 Å². The average molecular weight is 308 g/mol. The second-order valence-corrected chi connectivity index (χ2v) is 4.19. The zero-order valence-electron chi connectivity index (χ0n) is 11.2. The molecule has 118 valence electrons. The van der Waals surface area contributed by atoms with Crippen LogP contribution in [0.4, 0.5) is 13.2 Å². The van der Waals surface area contributed by atoms with E-state index in [4.69, 9.17) is 4.42 Å². The van der Waals surface area contributed by atoms with Gasteiger partial charge in [0.1, 0.15) is 25.0 Å². The largest absolute Gasteiger partial charge is 0.467 e. The van der Waals surface area contributed by atoms with E-state index >= 15 is 0 Å². The molecule has 2 N–H and O–H groups in total. The van der Waals surface area contributed by atoms with Gasteiger partial charge in [-0.2, -0.15) is 13.2 Å². The molecule has 1 aromatic rings. The molecule has 0 bridgehead atoms. The van der Waals surface area contributed by atoms with Crippen LogP contribution in [-0.4, -0.2) is 37.2 Å². The SMILES string of the molecule is C[C@H](NC(=O)COCC(F)(F)F)C(=O)NCc1ccco1. The van der Waals surface area contributed by atoms with Crippen LogP contribution in [0.1, 0.15) is 12.7 Å². The first-order valence-electron chi connectivity index (χ1n) is 6.02. The Labute approximate surface area is 118 Å². The molecule has 21 heavy (non-hydrogen) atoms. The van der Waals surface area contributed by atoms with Gasteiger partial charge in [0.2, 0.25) is 11.8 Å². The van der Waals surface area contributed by atoms with E-state index in [2.05, 4.69) is 15.4 Å². The lowest BCUT2D eigenvalue weighted by molar-refractivity contribution is -0.175. The average Bonchev–Trinajstić information content (AvgIpc) is 2.87. The minimum atomic E-state index is -4.49. The summed E-state index contributed by atoms with van der Waals surface area (Å²) in [7, 11) is 0. The third kappa shape index (κ3) is 7.35. The van der Waals surface area contributed by atoms with Gasteiger partial charge < -0.3 is 19.8 Å². The molecule has 9 heteroatoms. The van der Waals surface area contributed by atoms with Crippen molar-refractivity contribution < 1.29 is 31.9 Å². The van der Waals surface area contributed by atoms with Gasteiger partial charge >= 0.3 is 6.18 Å². The molecule has 0 fully saturated rings. The van der Waals surface area contributed by atoms with Crippen molar-refractivity contribution in [2.45, 2.75) is 25.7 Å². The summed E-state index contributed by atoms with van der Waals surface area (Å²) in [5.74, 6) is -0.758. The van der Waals surface area contributed by atoms with Crippen molar-refractivity contribution >= 4 is 11.8 Å². The second-order valence-electron chi connectivity index (χ2n) is 4.19. The molecule has 1 heterocycles. The Kier molecular flexibility index (Phi) is 6.22. The van der Waals surface area contributed by atoms with E-state index < -0.39 is 37.2 Å². The van der Waals surface area contributed by atoms with E-state index in [9.17, 15) is 22.8 Å². The normalized spacial score (nSPS) is 12.8. The van der Waals surface area contributed by atoms with E-state index in [0.717, 1.165) is 0 Å². The van der Waals surface area contributed by atoms with Crippen LogP contribution in [0.25, 0.3) is 0 Å². The van der Waals surface area contributed by atoms with Gasteiger partial charge in [0, 0.05) is 0 Å². The van der Waals surface area contributed by atoms with Crippen LogP contribution in [-0.2, 0) is 20.9 Å². The summed E-state index contributed by atoms with van der Waals surface area (Å²) in [6.45, 7) is -0.732. The number of carbonyl (C=O) groups is 2. The predicted molar refractivity (Wildman–Crippen MR) is 65.0 cm³/mol. The first-order valence-corrected chi connectivity index (χ1v) is 6.02. The van der Waals surface area contributed by atoms with Crippen LogP contribution < -0.4 is 10.6 Å². The standard InChI is InChI=1S/C12H15F3N2O4/c1-8(11(19)16-5-9-3-2-4-21-9)17-10(18)6-20-7-12(13,14)15/h2-4,8H,5-7H2,1H3,(H,16,19)(H,17,18)/t8-/m0/s1. The van der Waals surface area contributed by atoms with Crippen molar-refractivity contribution in [3.8, 4) is 0 Å². The molecule has 0 aliphatic carbocycles. The zero-order chi connectivity index (χ0) is 15.9. The molecule has 0 spiro atoms. The van der Waals surface area contributed by atoms with E-state index in [1.165, 1.54) is 13.2 Å². The summed E-state index contributed by atoms with van der Waals surface area (Å²) in [6, 6.07) is 2.42. The minimum Gasteiger partial charge on any atom is -0.467 e. The highest BCUT2D eigenvalue weighted by atomic mass is 19.4. The maximum atomic E-state index is 11.8. The number of hydrogen-bond donors (Lipinski definition) is 2. The van der Waals surface area contributed by atoms with Crippen LogP contribution in [0, 0.1) is 0 Å². The maximum Gasteiger partial charge on any atom is 0.411 e. The smallest absolute Gasteiger partial charge is 0.411 e. The fourth-order valence-corrected chi connectivity index (χ4v) is 1.35. The number of ether oxygens (including phenoxy) is 1. The van der Waals surface area contributed by atoms with Crippen molar-refractivity contribution in [1.29, 1.82) is 0 Å². The number of alkyl halides is 3. The van der Waals surface area contributed by atoms with Gasteiger partial charge in [-0.15, -0.1) is 0 Å². The Hall–Kier alpha value is -2.03. The van der Waals surface area contributed by atoms with Gasteiger partial charge in [0.05, 0.1) is 12.8 Å². The first-order chi connectivity index (χ1) is 9.78. The van der Waals surface area contributed by atoms with Crippen molar-refractivity contribution in [2.24, 2.45) is 0 Å². The second kappa shape index (κ2) is 7.67. The van der Waals surface area contributed by atoms with E-state index in [1.54, 1.807) is 12.1 Å². The fraction of sp³-hybridized carbons (Fsp3) is 0.500. The molecule has 1 rings (SSSR count). The molecule has 0 aliphatic heterocycles. The van der Waals surface area contributed by atoms with Crippen molar-refractivity contribution in [3.63, 3.8) is 0 Å². The van der Waals surface area contributed by atoms with Crippen LogP contribution in [0.3, 0.4) is 0 Å². The van der Waals surface area contributed by atoms with Crippen LogP contribution in [0.2, 0.25) is 0 Å². The molecule has 0 aliphatic rings. The lowest BCUT2D eigenvalue weighted by Crippen LogP contribution is -2.45. The monoisotopic (exact) mass is 308 g/mol. The Balaban J connectivity index is 2.23. The number of rotatable bonds is 7. The van der Waals surface area contributed by atoms with E-state index in [0.29, 0.717) is 5.76 Å². The Morgan fingerprint density at radius 1 is 1.43 bits per heavy atom. The van der Waals surface area contributed by atoms with Crippen molar-refractivity contribution in [3.05, 3.63) is 24.2 Å². The predicted octanol–water partition coefficient (Wildman–Crippen LogP) is 0.979. The summed E-state index contributed by atoms with van der Waals surface area (Å²) in [6.07, 6.45) is -3.04. The Morgan fingerprint density at radius 2 is 2.14 bits per heavy atom. The highest BCUT2D eigenvalue weighted by Gasteiger charge is 2.28. The molecule has 1 aromatic heterocycles. The third-order valence-electron chi connectivity index (χ3n) is 2.29. The quantitative estimate of drug-likeness (QED) is 0.787. The van der Waals surface area contributed by atoms with Crippen molar-refractivity contribution in [1.82, 2.24) is 10.6 Å². The summed E-state index contributed by atoms with van der Waals surface area (Å²) >= 11 is 0. The number of carbonyl (C=O) groups excluding carboxylic acids is 2. The summed E-state index contributed by atoms with van der Waals surface area (Å²) in [5.41, 5.74) is 0. The Morgan fingerprint density at radius 3 is 2.71 bits per heavy atom. The van der Waals surface area contributed by atoms with Crippen LogP contribution in [0.5, 0.6) is 0 Å². The lowest BCUT2D eigenvalue weighted by Gasteiger charge is -2.14. The topological polar surface area (TPSA) is 80.6 Å². The van der Waals surface area contributed by atoms with Gasteiger partial charge in [-0.25, -0.2) is 0 Å². The molecular weight excluding hydrogens is 293 g/mol. The van der Waals surface area contributed by atoms with Crippen LogP contribution >= 0.6 is 0 Å². The van der Waals surface area contributed by atoms with Crippen LogP contribution in [0.15, 0.2) is 22.8 Å². The summed E-state index contributed by atoms with van der Waals surface area (Å²) in [5, 5.41) is 4.72. The molecule has 1 atom stereocenters. The van der Waals surface area contributed by atoms with Gasteiger partial charge in [0.25, 0.3) is 0 Å². The highest BCUT2D eigenvalue weighted by Crippen LogP contribution is 2.14. The van der Waals surface area contributed by atoms with Gasteiger partial charge in [0.15, 0.2) is 0 Å². The maximum absolute atomic E-state index is 11.8. The molecule has 0 saturated heterocycles. The van der Waals surface area contributed by atoms with E-state index in [1.807, 2.05) is 0 Å². The molecule has 0 unspecified atom stereocenters. The van der Waals surface area contributed by atoms with Crippen molar-refractivity contribution in [2.75, 3.05) is 13.2 Å². The number of hydrogen-bond acceptors (Lipinski definition) is 4. The van der Waals surface area contributed by atoms with E-state index in [-0.39, 0.29) is 6.54 Å². The lowest BCUT2D eigenvalue weighted by atomic mass is 10.3. The Bertz CT molecular complexity index is 460. The van der Waals surface area contributed by atoms with Gasteiger partial charge in [-0.3, -0.25) is 9.59 Å². The number of nitrogens with one attached hydrogen (secondary N) is 2. The molecule has 6 nitrogen and oxygen atoms in total. The zero-order valence-corrected chi connectivity index (χ0v) is 11.2. The number of amides is 2. The number of halogens is 3. The fourth-order valence-electron chi connectivity index (χ4n) is 1.35. The summed E-state index contributed by atoms with van der Waals surface area (Å²) < 4.78 is 44.6. The summed E-state index contributed by atoms with van der Waals surface area (Å²) in [4.78, 5) is 22.9. The molecule has 0 aromatic carbocycles. The third-order valence-corrected chi connectivity index (χ3v) is 2.29. The molecular formula is C12H15F3N2O4. The highest BCUT2D eigenvalue weighted by molar-refractivity contribution is 5.87. The molecule has 0 radical (unpaired) electrons. The molecule has 0 saturated carbocycles. The molecule has 2 amide bonds. The minimum absolute atomic E-state index is 0.149.